The second-order valence-corrected chi connectivity index (χ2v) is 11.2. The molecule has 1 aliphatic rings. The van der Waals surface area contributed by atoms with Crippen molar-refractivity contribution in [2.45, 2.75) is 44.9 Å². The first-order valence-corrected chi connectivity index (χ1v) is 12.4. The van der Waals surface area contributed by atoms with Gasteiger partial charge in [0.25, 0.3) is 5.91 Å². The quantitative estimate of drug-likeness (QED) is 0.389. The highest BCUT2D eigenvalue weighted by atomic mass is 32.2. The molecule has 1 saturated heterocycles. The third kappa shape index (κ3) is 5.60. The van der Waals surface area contributed by atoms with Crippen LogP contribution in [0.3, 0.4) is 0 Å². The average molecular weight is 520 g/mol. The highest BCUT2D eigenvalue weighted by Gasteiger charge is 2.46. The largest absolute Gasteiger partial charge is 0.497 e. The van der Waals surface area contributed by atoms with Crippen LogP contribution in [0, 0.1) is 0 Å². The lowest BCUT2D eigenvalue weighted by molar-refractivity contribution is -0.169. The number of benzene rings is 2. The first kappa shape index (κ1) is 27.0. The Labute approximate surface area is 209 Å². The maximum Gasteiger partial charge on any atom is 0.338 e. The van der Waals surface area contributed by atoms with Crippen LogP contribution in [0.4, 0.5) is 5.69 Å². The second kappa shape index (κ2) is 9.78. The molecule has 12 heteroatoms. The zero-order chi connectivity index (χ0) is 26.9. The summed E-state index contributed by atoms with van der Waals surface area (Å²) in [5.74, 6) is -2.63. The normalized spacial score (nSPS) is 17.0. The third-order valence-corrected chi connectivity index (χ3v) is 7.24. The fourth-order valence-electron chi connectivity index (χ4n) is 3.53. The van der Waals surface area contributed by atoms with Crippen molar-refractivity contribution in [1.29, 1.82) is 0 Å². The topological polar surface area (TPSA) is 157 Å². The van der Waals surface area contributed by atoms with Crippen LogP contribution in [0.15, 0.2) is 48.5 Å². The van der Waals surface area contributed by atoms with E-state index in [2.05, 4.69) is 0 Å². The van der Waals surface area contributed by atoms with Crippen molar-refractivity contribution < 1.29 is 37.4 Å². The molecule has 0 spiro atoms. The molecule has 2 aromatic carbocycles. The molecule has 1 atom stereocenters. The van der Waals surface area contributed by atoms with Crippen LogP contribution < -0.4 is 14.8 Å². The van der Waals surface area contributed by atoms with Gasteiger partial charge in [0.2, 0.25) is 5.54 Å². The van der Waals surface area contributed by atoms with Gasteiger partial charge in [-0.3, -0.25) is 4.79 Å². The van der Waals surface area contributed by atoms with E-state index < -0.39 is 39.2 Å². The molecule has 0 bridgehead atoms. The third-order valence-electron chi connectivity index (χ3n) is 5.45. The molecule has 1 heterocycles. The summed E-state index contributed by atoms with van der Waals surface area (Å²) >= 11 is 0. The Balaban J connectivity index is 1.79. The van der Waals surface area contributed by atoms with Crippen LogP contribution in [0.2, 0.25) is 0 Å². The Morgan fingerprint density at radius 3 is 2.08 bits per heavy atom. The molecule has 0 unspecified atom stereocenters. The molecule has 36 heavy (non-hydrogen) atoms. The highest BCUT2D eigenvalue weighted by molar-refractivity contribution is 7.91. The number of amides is 1. The molecule has 0 saturated carbocycles. The van der Waals surface area contributed by atoms with Crippen LogP contribution in [-0.2, 0) is 42.3 Å². The minimum Gasteiger partial charge on any atom is -0.497 e. The smallest absolute Gasteiger partial charge is 0.338 e. The van der Waals surface area contributed by atoms with Gasteiger partial charge in [-0.2, -0.15) is 8.42 Å². The number of aliphatic carboxylic acids is 1. The average Bonchev–Trinajstić information content (AvgIpc) is 3.02. The maximum absolute atomic E-state index is 13.1. The van der Waals surface area contributed by atoms with E-state index in [4.69, 9.17) is 15.2 Å². The molecule has 1 fully saturated rings. The van der Waals surface area contributed by atoms with Gasteiger partial charge < -0.3 is 20.3 Å². The summed E-state index contributed by atoms with van der Waals surface area (Å²) in [6, 6.07) is 12.4. The number of carbonyl (C=O) groups excluding carboxylic acids is 2. The molecule has 2 aromatic rings. The first-order valence-electron chi connectivity index (χ1n) is 11.0. The van der Waals surface area contributed by atoms with Crippen LogP contribution >= 0.6 is 0 Å². The molecule has 194 valence electrons. The van der Waals surface area contributed by atoms with Crippen molar-refractivity contribution >= 4 is 33.7 Å². The lowest BCUT2D eigenvalue weighted by Gasteiger charge is -2.28. The zero-order valence-corrected chi connectivity index (χ0v) is 21.2. The summed E-state index contributed by atoms with van der Waals surface area (Å²) in [5, 5.41) is 9.60. The van der Waals surface area contributed by atoms with Crippen LogP contribution in [0.1, 0.15) is 31.9 Å². The van der Waals surface area contributed by atoms with E-state index in [1.165, 1.54) is 31.4 Å². The van der Waals surface area contributed by atoms with Gasteiger partial charge in [0.1, 0.15) is 17.9 Å². The van der Waals surface area contributed by atoms with E-state index >= 15 is 0 Å². The van der Waals surface area contributed by atoms with Crippen molar-refractivity contribution in [3.8, 4) is 5.75 Å². The van der Waals surface area contributed by atoms with Crippen LogP contribution in [-0.4, -0.2) is 60.5 Å². The minimum absolute atomic E-state index is 0.135. The summed E-state index contributed by atoms with van der Waals surface area (Å²) in [6.45, 7) is 4.27. The van der Waals surface area contributed by atoms with E-state index in [9.17, 15) is 27.9 Å². The van der Waals surface area contributed by atoms with E-state index in [1.807, 2.05) is 0 Å². The Morgan fingerprint density at radius 1 is 1.03 bits per heavy atom. The number of rotatable bonds is 8. The molecular formula is C24H29N3O8S. The number of anilines is 1. The van der Waals surface area contributed by atoms with Gasteiger partial charge >= 0.3 is 22.1 Å². The van der Waals surface area contributed by atoms with Crippen molar-refractivity contribution in [2.24, 2.45) is 5.73 Å². The predicted octanol–water partition coefficient (Wildman–Crippen LogP) is 1.46. The molecule has 0 aromatic heterocycles. The van der Waals surface area contributed by atoms with Crippen molar-refractivity contribution in [3.05, 3.63) is 59.7 Å². The van der Waals surface area contributed by atoms with Gasteiger partial charge in [-0.05, 0) is 56.2 Å². The number of nitrogens with zero attached hydrogens (tertiary/aromatic N) is 2. The summed E-state index contributed by atoms with van der Waals surface area (Å²) in [5.41, 5.74) is 3.83. The number of carboxylic acids is 1. The number of esters is 1. The molecular weight excluding hydrogens is 490 g/mol. The van der Waals surface area contributed by atoms with Gasteiger partial charge in [0.05, 0.1) is 19.3 Å². The van der Waals surface area contributed by atoms with E-state index in [0.29, 0.717) is 16.9 Å². The Bertz CT molecular complexity index is 1250. The summed E-state index contributed by atoms with van der Waals surface area (Å²) < 4.78 is 38.2. The number of carbonyl (C=O) groups is 3. The molecule has 3 rings (SSSR count). The molecule has 0 radical (unpaired) electrons. The molecule has 3 N–H and O–H groups in total. The van der Waals surface area contributed by atoms with Gasteiger partial charge in [-0.1, -0.05) is 24.3 Å². The summed E-state index contributed by atoms with van der Waals surface area (Å²) in [6.07, 6.45) is -0.382. The monoisotopic (exact) mass is 519 g/mol. The number of methoxy groups -OCH3 is 1. The lowest BCUT2D eigenvalue weighted by atomic mass is 9.91. The highest BCUT2D eigenvalue weighted by Crippen LogP contribution is 2.29. The van der Waals surface area contributed by atoms with Crippen molar-refractivity contribution in [2.75, 3.05) is 18.0 Å². The molecule has 11 nitrogen and oxygen atoms in total. The number of ether oxygens (including phenoxy) is 2. The second-order valence-electron chi connectivity index (χ2n) is 9.38. The molecule has 1 aliphatic heterocycles. The number of nitrogens with two attached hydrogens (primary N) is 1. The van der Waals surface area contributed by atoms with Gasteiger partial charge in [0, 0.05) is 6.42 Å². The van der Waals surface area contributed by atoms with Gasteiger partial charge in [-0.25, -0.2) is 18.2 Å². The van der Waals surface area contributed by atoms with E-state index in [1.54, 1.807) is 45.0 Å². The summed E-state index contributed by atoms with van der Waals surface area (Å²) in [7, 11) is -2.63. The van der Waals surface area contributed by atoms with Gasteiger partial charge in [-0.15, -0.1) is 0 Å². The first-order chi connectivity index (χ1) is 16.7. The van der Waals surface area contributed by atoms with E-state index in [0.717, 1.165) is 8.61 Å². The Morgan fingerprint density at radius 2 is 1.58 bits per heavy atom. The Hall–Kier alpha value is -3.64. The SMILES string of the molecule is COc1ccc(CN2C(=O)CN(c3ccc(C[C@](N)(C(=O)O)C(=O)OC(C)(C)C)cc3)S2(=O)=O)cc1. The van der Waals surface area contributed by atoms with Crippen LogP contribution in [0.25, 0.3) is 0 Å². The fraction of sp³-hybridized carbons (Fsp3) is 0.375. The number of hydrogen-bond acceptors (Lipinski definition) is 8. The zero-order valence-electron chi connectivity index (χ0n) is 20.4. The number of carboxylic acid groups (broad SMARTS) is 1. The van der Waals surface area contributed by atoms with E-state index in [-0.39, 0.29) is 25.2 Å². The van der Waals surface area contributed by atoms with Crippen molar-refractivity contribution in [3.63, 3.8) is 0 Å². The fourth-order valence-corrected chi connectivity index (χ4v) is 5.06. The standard InChI is InChI=1S/C24H29N3O8S/c1-23(2,3)35-22(31)24(25,21(29)30)13-16-5-9-18(10-6-16)26-15-20(28)27(36(26,32)33)14-17-7-11-19(34-4)12-8-17/h5-12H,13-15,25H2,1-4H3,(H,29,30)/t24-/m0/s1. The Kier molecular flexibility index (Phi) is 7.32. The predicted molar refractivity (Wildman–Crippen MR) is 130 cm³/mol. The van der Waals surface area contributed by atoms with Crippen LogP contribution in [0.5, 0.6) is 5.75 Å². The summed E-state index contributed by atoms with van der Waals surface area (Å²) in [4.78, 5) is 36.9. The maximum atomic E-state index is 13.1. The lowest BCUT2D eigenvalue weighted by Crippen LogP contribution is -2.58. The van der Waals surface area contributed by atoms with Gasteiger partial charge in [0.15, 0.2) is 0 Å². The molecule has 0 aliphatic carbocycles. The van der Waals surface area contributed by atoms with Crippen molar-refractivity contribution in [1.82, 2.24) is 4.31 Å². The minimum atomic E-state index is -4.15. The molecule has 1 amide bonds. The number of hydrogen-bond donors (Lipinski definition) is 2.